The molecule has 4 aliphatic rings. The largest absolute Gasteiger partial charge is 0.508 e. The van der Waals surface area contributed by atoms with Crippen molar-refractivity contribution in [1.29, 1.82) is 0 Å². The van der Waals surface area contributed by atoms with Crippen LogP contribution < -0.4 is 15.0 Å². The molecule has 3 atom stereocenters. The van der Waals surface area contributed by atoms with Gasteiger partial charge in [-0.15, -0.1) is 0 Å². The van der Waals surface area contributed by atoms with Crippen molar-refractivity contribution in [3.63, 3.8) is 0 Å². The minimum atomic E-state index is -0.428. The number of aryl methyl sites for hydroxylation is 1. The van der Waals surface area contributed by atoms with Crippen molar-refractivity contribution in [3.8, 4) is 11.5 Å². The summed E-state index contributed by atoms with van der Waals surface area (Å²) in [6.45, 7) is 10.1. The fourth-order valence-corrected chi connectivity index (χ4v) is 8.92. The molecule has 8 heteroatoms. The second kappa shape index (κ2) is 15.5. The van der Waals surface area contributed by atoms with Crippen molar-refractivity contribution < 1.29 is 19.4 Å². The summed E-state index contributed by atoms with van der Waals surface area (Å²) in [4.78, 5) is 32.4. The molecular formula is C45H50N4O4. The average Bonchev–Trinajstić information content (AvgIpc) is 3.51. The number of benzene rings is 4. The Morgan fingerprint density at radius 3 is 2.40 bits per heavy atom. The number of rotatable bonds is 11. The zero-order chi connectivity index (χ0) is 36.3. The Balaban J connectivity index is 0.774. The van der Waals surface area contributed by atoms with Gasteiger partial charge >= 0.3 is 0 Å². The van der Waals surface area contributed by atoms with E-state index in [1.807, 2.05) is 18.2 Å². The number of unbranched alkanes of at least 4 members (excludes halogenated alkanes) is 2. The van der Waals surface area contributed by atoms with Gasteiger partial charge in [0.15, 0.2) is 0 Å². The third kappa shape index (κ3) is 7.56. The number of allylic oxidation sites excluding steroid dienone is 1. The van der Waals surface area contributed by atoms with Crippen LogP contribution in [0.1, 0.15) is 88.5 Å². The van der Waals surface area contributed by atoms with Crippen molar-refractivity contribution in [2.24, 2.45) is 0 Å². The van der Waals surface area contributed by atoms with E-state index in [9.17, 15) is 14.7 Å². The number of nitrogens with one attached hydrogen (secondary N) is 1. The Labute approximate surface area is 313 Å². The lowest BCUT2D eigenvalue weighted by Crippen LogP contribution is -2.49. The van der Waals surface area contributed by atoms with Gasteiger partial charge in [-0.3, -0.25) is 14.5 Å². The fraction of sp³-hybridized carbons (Fsp3) is 0.378. The van der Waals surface area contributed by atoms with Crippen LogP contribution in [0.3, 0.4) is 0 Å². The molecule has 8 nitrogen and oxygen atoms in total. The quantitative estimate of drug-likeness (QED) is 0.158. The van der Waals surface area contributed by atoms with Crippen LogP contribution in [-0.4, -0.2) is 72.1 Å². The number of piperazine rings is 1. The maximum absolute atomic E-state index is 13.1. The van der Waals surface area contributed by atoms with E-state index in [0.29, 0.717) is 37.7 Å². The number of phenols is 1. The Morgan fingerprint density at radius 2 is 1.60 bits per heavy atom. The van der Waals surface area contributed by atoms with E-state index in [1.54, 1.807) is 4.90 Å². The predicted octanol–water partition coefficient (Wildman–Crippen LogP) is 7.37. The Bertz CT molecular complexity index is 1950. The minimum absolute atomic E-state index is 0.0474. The van der Waals surface area contributed by atoms with Gasteiger partial charge in [0.2, 0.25) is 5.91 Å². The number of phenolic OH excluding ortho intramolecular Hbond substituents is 1. The molecule has 1 unspecified atom stereocenters. The number of ether oxygens (including phenoxy) is 1. The lowest BCUT2D eigenvalue weighted by atomic mass is 9.69. The summed E-state index contributed by atoms with van der Waals surface area (Å²) in [6, 6.07) is 31.1. The van der Waals surface area contributed by atoms with E-state index in [1.165, 1.54) is 22.3 Å². The summed E-state index contributed by atoms with van der Waals surface area (Å²) in [5.74, 6) is 1.71. The third-order valence-electron chi connectivity index (χ3n) is 11.8. The zero-order valence-electron chi connectivity index (χ0n) is 30.5. The molecule has 0 radical (unpaired) electrons. The highest BCUT2D eigenvalue weighted by atomic mass is 16.5. The third-order valence-corrected chi connectivity index (χ3v) is 11.8. The number of amides is 2. The van der Waals surface area contributed by atoms with E-state index in [2.05, 4.69) is 94.5 Å². The minimum Gasteiger partial charge on any atom is -0.508 e. The highest BCUT2D eigenvalue weighted by molar-refractivity contribution is 6.01. The summed E-state index contributed by atoms with van der Waals surface area (Å²) in [5.41, 5.74) is 8.82. The molecule has 0 spiro atoms. The first kappa shape index (κ1) is 35.0. The SMILES string of the molecule is C=C1CCC(N2Cc3cc(N4CCN(CCCCCOc5ccc([C@H]6c7ccc(O)cc7CC[C@H]6c6ccccc6)cc5)CC4)ccc3C2=O)C(=O)N1. The number of hydrogen-bond donors (Lipinski definition) is 2. The number of anilines is 1. The first-order valence-electron chi connectivity index (χ1n) is 19.4. The Kier molecular flexibility index (Phi) is 10.2. The van der Waals surface area contributed by atoms with Crippen LogP contribution >= 0.6 is 0 Å². The van der Waals surface area contributed by atoms with Gasteiger partial charge in [0.25, 0.3) is 5.91 Å². The molecule has 0 bridgehead atoms. The van der Waals surface area contributed by atoms with Gasteiger partial charge in [-0.1, -0.05) is 55.1 Å². The van der Waals surface area contributed by atoms with Gasteiger partial charge in [0.1, 0.15) is 17.5 Å². The lowest BCUT2D eigenvalue weighted by Gasteiger charge is -2.36. The predicted molar refractivity (Wildman–Crippen MR) is 209 cm³/mol. The molecule has 53 heavy (non-hydrogen) atoms. The number of piperidine rings is 1. The van der Waals surface area contributed by atoms with Crippen molar-refractivity contribution in [3.05, 3.63) is 137 Å². The molecule has 2 fully saturated rings. The van der Waals surface area contributed by atoms with Gasteiger partial charge in [0, 0.05) is 55.6 Å². The Morgan fingerprint density at radius 1 is 0.792 bits per heavy atom. The highest BCUT2D eigenvalue weighted by Gasteiger charge is 2.38. The summed E-state index contributed by atoms with van der Waals surface area (Å²) >= 11 is 0. The normalized spacial score (nSPS) is 21.7. The molecule has 4 aromatic carbocycles. The first-order valence-corrected chi connectivity index (χ1v) is 19.4. The van der Waals surface area contributed by atoms with Crippen LogP contribution in [0, 0.1) is 0 Å². The summed E-state index contributed by atoms with van der Waals surface area (Å²) in [5, 5.41) is 13.0. The first-order chi connectivity index (χ1) is 25.9. The van der Waals surface area contributed by atoms with Crippen LogP contribution in [0.15, 0.2) is 103 Å². The number of aromatic hydroxyl groups is 1. The van der Waals surface area contributed by atoms with Gasteiger partial charge in [-0.2, -0.15) is 0 Å². The van der Waals surface area contributed by atoms with Crippen molar-refractivity contribution in [2.45, 2.75) is 69.4 Å². The summed E-state index contributed by atoms with van der Waals surface area (Å²) < 4.78 is 6.19. The molecule has 4 aromatic rings. The van der Waals surface area contributed by atoms with E-state index < -0.39 is 6.04 Å². The van der Waals surface area contributed by atoms with E-state index in [4.69, 9.17) is 4.74 Å². The number of fused-ring (bicyclic) bond motifs is 2. The lowest BCUT2D eigenvalue weighted by molar-refractivity contribution is -0.126. The topological polar surface area (TPSA) is 85.4 Å². The van der Waals surface area contributed by atoms with Crippen LogP contribution in [0.2, 0.25) is 0 Å². The van der Waals surface area contributed by atoms with Crippen molar-refractivity contribution in [2.75, 3.05) is 44.2 Å². The van der Waals surface area contributed by atoms with E-state index in [0.717, 1.165) is 93.1 Å². The second-order valence-corrected chi connectivity index (χ2v) is 15.1. The van der Waals surface area contributed by atoms with Crippen LogP contribution in [0.5, 0.6) is 11.5 Å². The van der Waals surface area contributed by atoms with Gasteiger partial charge in [-0.25, -0.2) is 0 Å². The van der Waals surface area contributed by atoms with Gasteiger partial charge in [-0.05, 0) is 128 Å². The second-order valence-electron chi connectivity index (χ2n) is 15.1. The van der Waals surface area contributed by atoms with E-state index >= 15 is 0 Å². The Hall–Kier alpha value is -5.08. The standard InChI is InChI=1S/C45H50N4O4/c1-31-10-21-42(44(51)46-31)49-30-35-28-36(14-19-41(35)45(49)52)48-25-23-47(24-26-48)22-6-3-7-27-53-38-16-11-33(12-17-38)43-39(32-8-4-2-5-9-32)18-13-34-29-37(50)15-20-40(34)43/h2,4-5,8-9,11-12,14-17,19-20,28-29,39,42-43,50H,1,3,6-7,10,13,18,21-27,30H2,(H,46,51)/t39-,42?,43+/m0/s1. The van der Waals surface area contributed by atoms with Gasteiger partial charge in [0.05, 0.1) is 6.61 Å². The number of hydrogen-bond acceptors (Lipinski definition) is 6. The summed E-state index contributed by atoms with van der Waals surface area (Å²) in [6.07, 6.45) is 6.66. The molecule has 2 saturated heterocycles. The average molecular weight is 711 g/mol. The van der Waals surface area contributed by atoms with Crippen molar-refractivity contribution >= 4 is 17.5 Å². The molecule has 3 heterocycles. The summed E-state index contributed by atoms with van der Waals surface area (Å²) in [7, 11) is 0. The number of nitrogens with zero attached hydrogens (tertiary/aromatic N) is 3. The molecule has 1 aliphatic carbocycles. The van der Waals surface area contributed by atoms with Gasteiger partial charge < -0.3 is 25.0 Å². The monoisotopic (exact) mass is 710 g/mol. The van der Waals surface area contributed by atoms with Crippen LogP contribution in [0.4, 0.5) is 5.69 Å². The molecular weight excluding hydrogens is 661 g/mol. The highest BCUT2D eigenvalue weighted by Crippen LogP contribution is 2.47. The molecule has 3 aliphatic heterocycles. The maximum atomic E-state index is 13.1. The van der Waals surface area contributed by atoms with Crippen LogP contribution in [-0.2, 0) is 17.8 Å². The zero-order valence-corrected chi connectivity index (χ0v) is 30.5. The fourth-order valence-electron chi connectivity index (χ4n) is 8.92. The van der Waals surface area contributed by atoms with E-state index in [-0.39, 0.29) is 17.7 Å². The molecule has 8 rings (SSSR count). The molecule has 2 N–H and O–H groups in total. The smallest absolute Gasteiger partial charge is 0.255 e. The number of carbonyl (C=O) groups is 2. The van der Waals surface area contributed by atoms with Crippen LogP contribution in [0.25, 0.3) is 0 Å². The molecule has 0 saturated carbocycles. The molecule has 274 valence electrons. The number of carbonyl (C=O) groups excluding carboxylic acids is 2. The molecule has 2 amide bonds. The maximum Gasteiger partial charge on any atom is 0.255 e. The molecule has 0 aromatic heterocycles. The van der Waals surface area contributed by atoms with Crippen molar-refractivity contribution in [1.82, 2.24) is 15.1 Å².